The molecule has 0 aliphatic heterocycles. The van der Waals surface area contributed by atoms with Crippen molar-refractivity contribution in [2.45, 2.75) is 51.6 Å². The molecule has 0 bridgehead atoms. The van der Waals surface area contributed by atoms with Crippen LogP contribution in [0.5, 0.6) is 0 Å². The summed E-state index contributed by atoms with van der Waals surface area (Å²) in [6, 6.07) is 10.3. The zero-order valence-electron chi connectivity index (χ0n) is 12.8. The summed E-state index contributed by atoms with van der Waals surface area (Å²) in [5.41, 5.74) is 2.25. The molecule has 1 aromatic heterocycles. The van der Waals surface area contributed by atoms with E-state index < -0.39 is 0 Å². The van der Waals surface area contributed by atoms with Gasteiger partial charge in [-0.05, 0) is 48.8 Å². The summed E-state index contributed by atoms with van der Waals surface area (Å²) in [5.74, 6) is 1.28. The molecule has 1 aliphatic carbocycles. The van der Waals surface area contributed by atoms with E-state index in [0.29, 0.717) is 5.92 Å². The maximum Gasteiger partial charge on any atom is 0.0704 e. The standard InChI is InChI=1S/C19H25NO/c1-2-14-6-5-7-16(12-14)19(21)13-15-10-11-20-18-9-4-3-8-17(15)18/h3-4,8-11,14,16,19,21H,2,5-7,12-13H2,1H3. The fourth-order valence-corrected chi connectivity index (χ4v) is 3.78. The van der Waals surface area contributed by atoms with Gasteiger partial charge >= 0.3 is 0 Å². The van der Waals surface area contributed by atoms with Crippen molar-refractivity contribution in [3.05, 3.63) is 42.1 Å². The molecule has 0 saturated heterocycles. The highest BCUT2D eigenvalue weighted by Crippen LogP contribution is 2.34. The van der Waals surface area contributed by atoms with Crippen molar-refractivity contribution in [2.75, 3.05) is 0 Å². The Bertz CT molecular complexity index is 590. The zero-order chi connectivity index (χ0) is 14.7. The Balaban J connectivity index is 1.75. The van der Waals surface area contributed by atoms with Crippen LogP contribution in [0.3, 0.4) is 0 Å². The van der Waals surface area contributed by atoms with E-state index in [2.05, 4.69) is 24.0 Å². The SMILES string of the molecule is CCC1CCCC(C(O)Cc2ccnc3ccccc23)C1. The Morgan fingerprint density at radius 2 is 2.10 bits per heavy atom. The van der Waals surface area contributed by atoms with Gasteiger partial charge in [-0.2, -0.15) is 0 Å². The summed E-state index contributed by atoms with van der Waals surface area (Å²) in [7, 11) is 0. The minimum absolute atomic E-state index is 0.217. The predicted molar refractivity (Wildman–Crippen MR) is 87.2 cm³/mol. The normalized spacial score (nSPS) is 24.1. The molecule has 1 N–H and O–H groups in total. The first-order valence-electron chi connectivity index (χ1n) is 8.28. The third kappa shape index (κ3) is 3.26. The van der Waals surface area contributed by atoms with Crippen molar-refractivity contribution < 1.29 is 5.11 Å². The quantitative estimate of drug-likeness (QED) is 0.904. The Labute approximate surface area is 127 Å². The van der Waals surface area contributed by atoms with E-state index in [1.165, 1.54) is 43.1 Å². The molecule has 0 spiro atoms. The van der Waals surface area contributed by atoms with Crippen LogP contribution in [-0.2, 0) is 6.42 Å². The van der Waals surface area contributed by atoms with E-state index in [0.717, 1.165) is 17.9 Å². The summed E-state index contributed by atoms with van der Waals surface area (Å²) >= 11 is 0. The lowest BCUT2D eigenvalue weighted by Gasteiger charge is -2.32. The van der Waals surface area contributed by atoms with Crippen LogP contribution in [0.4, 0.5) is 0 Å². The van der Waals surface area contributed by atoms with Crippen LogP contribution in [0, 0.1) is 11.8 Å². The number of fused-ring (bicyclic) bond motifs is 1. The smallest absolute Gasteiger partial charge is 0.0704 e. The molecule has 1 aromatic carbocycles. The lowest BCUT2D eigenvalue weighted by molar-refractivity contribution is 0.0687. The Hall–Kier alpha value is -1.41. The lowest BCUT2D eigenvalue weighted by Crippen LogP contribution is -2.28. The molecule has 2 nitrogen and oxygen atoms in total. The second kappa shape index (κ2) is 6.57. The van der Waals surface area contributed by atoms with Gasteiger partial charge in [0.25, 0.3) is 0 Å². The van der Waals surface area contributed by atoms with Crippen LogP contribution in [-0.4, -0.2) is 16.2 Å². The Morgan fingerprint density at radius 1 is 1.24 bits per heavy atom. The van der Waals surface area contributed by atoms with Crippen LogP contribution in [0.1, 0.15) is 44.6 Å². The second-order valence-electron chi connectivity index (χ2n) is 6.46. The number of hydrogen-bond donors (Lipinski definition) is 1. The van der Waals surface area contributed by atoms with Crippen molar-refractivity contribution >= 4 is 10.9 Å². The van der Waals surface area contributed by atoms with Gasteiger partial charge in [-0.1, -0.05) is 44.4 Å². The number of para-hydroxylation sites is 1. The first-order valence-corrected chi connectivity index (χ1v) is 8.28. The van der Waals surface area contributed by atoms with E-state index in [9.17, 15) is 5.11 Å². The fraction of sp³-hybridized carbons (Fsp3) is 0.526. The second-order valence-corrected chi connectivity index (χ2v) is 6.46. The number of aliphatic hydroxyl groups is 1. The average Bonchev–Trinajstić information content (AvgIpc) is 2.55. The van der Waals surface area contributed by atoms with Gasteiger partial charge in [0.05, 0.1) is 11.6 Å². The summed E-state index contributed by atoms with van der Waals surface area (Å²) in [5, 5.41) is 11.9. The van der Waals surface area contributed by atoms with E-state index in [1.54, 1.807) is 0 Å². The van der Waals surface area contributed by atoms with Crippen molar-refractivity contribution in [3.63, 3.8) is 0 Å². The van der Waals surface area contributed by atoms with Crippen LogP contribution in [0.25, 0.3) is 10.9 Å². The maximum atomic E-state index is 10.7. The number of aromatic nitrogens is 1. The van der Waals surface area contributed by atoms with Crippen LogP contribution < -0.4 is 0 Å². The Kier molecular flexibility index (Phi) is 4.54. The molecular weight excluding hydrogens is 258 g/mol. The third-order valence-corrected chi connectivity index (χ3v) is 5.11. The summed E-state index contributed by atoms with van der Waals surface area (Å²) in [6.45, 7) is 2.27. The molecular formula is C19H25NO. The lowest BCUT2D eigenvalue weighted by atomic mass is 9.76. The van der Waals surface area contributed by atoms with Gasteiger partial charge < -0.3 is 5.11 Å². The minimum Gasteiger partial charge on any atom is -0.392 e. The van der Waals surface area contributed by atoms with E-state index in [-0.39, 0.29) is 6.10 Å². The monoisotopic (exact) mass is 283 g/mol. The summed E-state index contributed by atoms with van der Waals surface area (Å²) in [6.07, 6.45) is 8.65. The van der Waals surface area contributed by atoms with Crippen LogP contribution >= 0.6 is 0 Å². The van der Waals surface area contributed by atoms with Crippen molar-refractivity contribution in [2.24, 2.45) is 11.8 Å². The number of nitrogens with zero attached hydrogens (tertiary/aromatic N) is 1. The van der Waals surface area contributed by atoms with Gasteiger partial charge in [0.15, 0.2) is 0 Å². The van der Waals surface area contributed by atoms with Gasteiger partial charge in [0.1, 0.15) is 0 Å². The van der Waals surface area contributed by atoms with Gasteiger partial charge in [-0.25, -0.2) is 0 Å². The maximum absolute atomic E-state index is 10.7. The topological polar surface area (TPSA) is 33.1 Å². The molecule has 112 valence electrons. The first kappa shape index (κ1) is 14.5. The molecule has 3 atom stereocenters. The van der Waals surface area contributed by atoms with Gasteiger partial charge in [0, 0.05) is 11.6 Å². The molecule has 1 heterocycles. The largest absolute Gasteiger partial charge is 0.392 e. The number of hydrogen-bond acceptors (Lipinski definition) is 2. The minimum atomic E-state index is -0.217. The van der Waals surface area contributed by atoms with E-state index >= 15 is 0 Å². The molecule has 21 heavy (non-hydrogen) atoms. The van der Waals surface area contributed by atoms with Crippen LogP contribution in [0.15, 0.2) is 36.5 Å². The molecule has 2 heteroatoms. The van der Waals surface area contributed by atoms with Crippen molar-refractivity contribution in [1.29, 1.82) is 0 Å². The first-order chi connectivity index (χ1) is 10.3. The highest BCUT2D eigenvalue weighted by atomic mass is 16.3. The predicted octanol–water partition coefficient (Wildman–Crippen LogP) is 4.35. The van der Waals surface area contributed by atoms with Crippen molar-refractivity contribution in [1.82, 2.24) is 4.98 Å². The molecule has 3 unspecified atom stereocenters. The van der Waals surface area contributed by atoms with Crippen LogP contribution in [0.2, 0.25) is 0 Å². The van der Waals surface area contributed by atoms with Crippen molar-refractivity contribution in [3.8, 4) is 0 Å². The Morgan fingerprint density at radius 3 is 2.95 bits per heavy atom. The average molecular weight is 283 g/mol. The highest BCUT2D eigenvalue weighted by molar-refractivity contribution is 5.81. The number of pyridine rings is 1. The molecule has 1 fully saturated rings. The molecule has 3 rings (SSSR count). The number of rotatable bonds is 4. The van der Waals surface area contributed by atoms with Gasteiger partial charge in [-0.15, -0.1) is 0 Å². The third-order valence-electron chi connectivity index (χ3n) is 5.11. The van der Waals surface area contributed by atoms with Gasteiger partial charge in [0.2, 0.25) is 0 Å². The highest BCUT2D eigenvalue weighted by Gasteiger charge is 2.26. The summed E-state index contributed by atoms with van der Waals surface area (Å²) in [4.78, 5) is 4.41. The molecule has 0 radical (unpaired) electrons. The van der Waals surface area contributed by atoms with E-state index in [1.807, 2.05) is 24.4 Å². The van der Waals surface area contributed by atoms with E-state index in [4.69, 9.17) is 0 Å². The number of benzene rings is 1. The fourth-order valence-electron chi connectivity index (χ4n) is 3.78. The molecule has 2 aromatic rings. The van der Waals surface area contributed by atoms with Gasteiger partial charge in [-0.3, -0.25) is 4.98 Å². The molecule has 1 aliphatic rings. The zero-order valence-corrected chi connectivity index (χ0v) is 12.8. The molecule has 0 amide bonds. The number of aliphatic hydroxyl groups excluding tert-OH is 1. The summed E-state index contributed by atoms with van der Waals surface area (Å²) < 4.78 is 0. The molecule has 1 saturated carbocycles.